The lowest BCUT2D eigenvalue weighted by Crippen LogP contribution is -2.34. The van der Waals surface area contributed by atoms with Crippen LogP contribution in [0.1, 0.15) is 33.6 Å². The van der Waals surface area contributed by atoms with E-state index in [1.807, 2.05) is 0 Å². The van der Waals surface area contributed by atoms with Gasteiger partial charge in [-0.15, -0.1) is 0 Å². The van der Waals surface area contributed by atoms with E-state index in [2.05, 4.69) is 25.7 Å². The van der Waals surface area contributed by atoms with Crippen molar-refractivity contribution in [2.45, 2.75) is 39.7 Å². The Kier molecular flexibility index (Phi) is 7.11. The SMILES string of the molecule is C=C(C)C(=O)OCC(CC)NCCC. The lowest BCUT2D eigenvalue weighted by Gasteiger charge is -2.16. The number of rotatable bonds is 7. The van der Waals surface area contributed by atoms with Crippen LogP contribution in [0.2, 0.25) is 0 Å². The highest BCUT2D eigenvalue weighted by molar-refractivity contribution is 5.86. The van der Waals surface area contributed by atoms with Crippen LogP contribution in [0.3, 0.4) is 0 Å². The van der Waals surface area contributed by atoms with Gasteiger partial charge < -0.3 is 10.1 Å². The Hall–Kier alpha value is -0.830. The van der Waals surface area contributed by atoms with E-state index in [0.29, 0.717) is 12.2 Å². The first kappa shape index (κ1) is 13.2. The summed E-state index contributed by atoms with van der Waals surface area (Å²) < 4.78 is 5.05. The Labute approximate surface area is 86.5 Å². The van der Waals surface area contributed by atoms with Gasteiger partial charge in [0.2, 0.25) is 0 Å². The van der Waals surface area contributed by atoms with Crippen LogP contribution in [-0.2, 0) is 9.53 Å². The standard InChI is InChI=1S/C11H21NO2/c1-5-7-12-10(6-2)8-14-11(13)9(3)4/h10,12H,3,5-8H2,1-2,4H3. The van der Waals surface area contributed by atoms with Crippen molar-refractivity contribution in [1.82, 2.24) is 5.32 Å². The van der Waals surface area contributed by atoms with Gasteiger partial charge in [-0.05, 0) is 26.3 Å². The zero-order chi connectivity index (χ0) is 11.0. The van der Waals surface area contributed by atoms with Gasteiger partial charge in [-0.2, -0.15) is 0 Å². The van der Waals surface area contributed by atoms with Crippen LogP contribution in [-0.4, -0.2) is 25.2 Å². The summed E-state index contributed by atoms with van der Waals surface area (Å²) in [5.74, 6) is -0.304. The summed E-state index contributed by atoms with van der Waals surface area (Å²) in [5.41, 5.74) is 0.454. The fourth-order valence-corrected chi connectivity index (χ4v) is 0.969. The molecule has 0 radical (unpaired) electrons. The van der Waals surface area contributed by atoms with Crippen LogP contribution in [0.15, 0.2) is 12.2 Å². The van der Waals surface area contributed by atoms with Crippen molar-refractivity contribution in [3.63, 3.8) is 0 Å². The van der Waals surface area contributed by atoms with Crippen molar-refractivity contribution in [2.75, 3.05) is 13.2 Å². The molecule has 82 valence electrons. The first-order valence-electron chi connectivity index (χ1n) is 5.17. The molecule has 0 aromatic heterocycles. The third kappa shape index (κ3) is 5.75. The second-order valence-electron chi connectivity index (χ2n) is 3.44. The third-order valence-electron chi connectivity index (χ3n) is 1.94. The smallest absolute Gasteiger partial charge is 0.333 e. The number of nitrogens with one attached hydrogen (secondary N) is 1. The molecule has 0 aromatic carbocycles. The van der Waals surface area contributed by atoms with Gasteiger partial charge >= 0.3 is 5.97 Å². The molecule has 1 atom stereocenters. The lowest BCUT2D eigenvalue weighted by molar-refractivity contribution is -0.139. The molecule has 0 saturated carbocycles. The van der Waals surface area contributed by atoms with Gasteiger partial charge in [0.25, 0.3) is 0 Å². The normalized spacial score (nSPS) is 12.2. The average molecular weight is 199 g/mol. The highest BCUT2D eigenvalue weighted by Crippen LogP contribution is 1.97. The second-order valence-corrected chi connectivity index (χ2v) is 3.44. The molecule has 0 aromatic rings. The van der Waals surface area contributed by atoms with E-state index in [9.17, 15) is 4.79 Å². The van der Waals surface area contributed by atoms with Gasteiger partial charge in [-0.3, -0.25) is 0 Å². The minimum Gasteiger partial charge on any atom is -0.461 e. The maximum atomic E-state index is 11.1. The van der Waals surface area contributed by atoms with Crippen molar-refractivity contribution in [3.8, 4) is 0 Å². The topological polar surface area (TPSA) is 38.3 Å². The van der Waals surface area contributed by atoms with Crippen molar-refractivity contribution < 1.29 is 9.53 Å². The van der Waals surface area contributed by atoms with Crippen LogP contribution in [0.4, 0.5) is 0 Å². The van der Waals surface area contributed by atoms with E-state index in [1.165, 1.54) is 0 Å². The molecule has 0 saturated heterocycles. The van der Waals surface area contributed by atoms with Gasteiger partial charge in [-0.25, -0.2) is 4.79 Å². The molecule has 0 rings (SSSR count). The highest BCUT2D eigenvalue weighted by atomic mass is 16.5. The van der Waals surface area contributed by atoms with Crippen molar-refractivity contribution >= 4 is 5.97 Å². The Morgan fingerprint density at radius 1 is 1.50 bits per heavy atom. The van der Waals surface area contributed by atoms with Gasteiger partial charge in [0.05, 0.1) is 0 Å². The molecule has 0 fully saturated rings. The number of hydrogen-bond donors (Lipinski definition) is 1. The Morgan fingerprint density at radius 3 is 2.57 bits per heavy atom. The summed E-state index contributed by atoms with van der Waals surface area (Å²) in [5, 5.41) is 3.31. The largest absolute Gasteiger partial charge is 0.461 e. The van der Waals surface area contributed by atoms with Gasteiger partial charge in [-0.1, -0.05) is 20.4 Å². The lowest BCUT2D eigenvalue weighted by atomic mass is 10.2. The van der Waals surface area contributed by atoms with Gasteiger partial charge in [0.15, 0.2) is 0 Å². The van der Waals surface area contributed by atoms with E-state index < -0.39 is 0 Å². The second kappa shape index (κ2) is 7.56. The molecule has 3 nitrogen and oxygen atoms in total. The summed E-state index contributed by atoms with van der Waals surface area (Å²) in [6.45, 7) is 10.8. The zero-order valence-electron chi connectivity index (χ0n) is 9.43. The Balaban J connectivity index is 3.71. The van der Waals surface area contributed by atoms with Crippen LogP contribution in [0.25, 0.3) is 0 Å². The van der Waals surface area contributed by atoms with Crippen molar-refractivity contribution in [1.29, 1.82) is 0 Å². The highest BCUT2D eigenvalue weighted by Gasteiger charge is 2.09. The number of ether oxygens (including phenoxy) is 1. The molecule has 0 amide bonds. The van der Waals surface area contributed by atoms with Crippen LogP contribution in [0.5, 0.6) is 0 Å². The monoisotopic (exact) mass is 199 g/mol. The molecular weight excluding hydrogens is 178 g/mol. The van der Waals surface area contributed by atoms with E-state index in [4.69, 9.17) is 4.74 Å². The molecule has 0 bridgehead atoms. The fourth-order valence-electron chi connectivity index (χ4n) is 0.969. The molecule has 3 heteroatoms. The summed E-state index contributed by atoms with van der Waals surface area (Å²) in [6, 6.07) is 0.262. The molecule has 0 heterocycles. The molecule has 0 aliphatic heterocycles. The number of hydrogen-bond acceptors (Lipinski definition) is 3. The summed E-state index contributed by atoms with van der Waals surface area (Å²) >= 11 is 0. The van der Waals surface area contributed by atoms with E-state index >= 15 is 0 Å². The minimum absolute atomic E-state index is 0.262. The molecule has 1 unspecified atom stereocenters. The third-order valence-corrected chi connectivity index (χ3v) is 1.94. The van der Waals surface area contributed by atoms with Crippen molar-refractivity contribution in [2.24, 2.45) is 0 Å². The molecule has 0 aliphatic carbocycles. The average Bonchev–Trinajstić information content (AvgIpc) is 2.17. The fraction of sp³-hybridized carbons (Fsp3) is 0.727. The van der Waals surface area contributed by atoms with Crippen LogP contribution in [0, 0.1) is 0 Å². The molecular formula is C11H21NO2. The van der Waals surface area contributed by atoms with E-state index in [1.54, 1.807) is 6.92 Å². The molecule has 1 N–H and O–H groups in total. The number of esters is 1. The number of carbonyl (C=O) groups is 1. The van der Waals surface area contributed by atoms with Crippen molar-refractivity contribution in [3.05, 3.63) is 12.2 Å². The minimum atomic E-state index is -0.304. The molecule has 0 aliphatic rings. The Bertz CT molecular complexity index is 190. The van der Waals surface area contributed by atoms with Gasteiger partial charge in [0, 0.05) is 11.6 Å². The predicted octanol–water partition coefficient (Wildman–Crippen LogP) is 1.88. The van der Waals surface area contributed by atoms with Crippen LogP contribution >= 0.6 is 0 Å². The summed E-state index contributed by atoms with van der Waals surface area (Å²) in [6.07, 6.45) is 2.05. The summed E-state index contributed by atoms with van der Waals surface area (Å²) in [4.78, 5) is 11.1. The zero-order valence-corrected chi connectivity index (χ0v) is 9.43. The predicted molar refractivity (Wildman–Crippen MR) is 58.1 cm³/mol. The van der Waals surface area contributed by atoms with Gasteiger partial charge in [0.1, 0.15) is 6.61 Å². The maximum absolute atomic E-state index is 11.1. The molecule has 14 heavy (non-hydrogen) atoms. The quantitative estimate of drug-likeness (QED) is 0.502. The first-order chi connectivity index (χ1) is 6.61. The Morgan fingerprint density at radius 2 is 2.14 bits per heavy atom. The summed E-state index contributed by atoms with van der Waals surface area (Å²) in [7, 11) is 0. The maximum Gasteiger partial charge on any atom is 0.333 e. The van der Waals surface area contributed by atoms with E-state index in [0.717, 1.165) is 19.4 Å². The first-order valence-corrected chi connectivity index (χ1v) is 5.17. The molecule has 0 spiro atoms. The van der Waals surface area contributed by atoms with Crippen LogP contribution < -0.4 is 5.32 Å². The van der Waals surface area contributed by atoms with E-state index in [-0.39, 0.29) is 12.0 Å². The number of carbonyl (C=O) groups excluding carboxylic acids is 1.